The van der Waals surface area contributed by atoms with Crippen molar-refractivity contribution in [3.05, 3.63) is 15.9 Å². The lowest BCUT2D eigenvalue weighted by molar-refractivity contribution is 0.236. The minimum atomic E-state index is 0.647. The van der Waals surface area contributed by atoms with E-state index < -0.39 is 0 Å². The van der Waals surface area contributed by atoms with Crippen molar-refractivity contribution < 1.29 is 0 Å². The Balaban J connectivity index is 2.82. The lowest BCUT2D eigenvalue weighted by Crippen LogP contribution is -2.33. The highest BCUT2D eigenvalue weighted by Gasteiger charge is 2.16. The lowest BCUT2D eigenvalue weighted by Gasteiger charge is -2.23. The fourth-order valence-corrected chi connectivity index (χ4v) is 2.88. The summed E-state index contributed by atoms with van der Waals surface area (Å²) < 4.78 is 3.13. The molecule has 5 heteroatoms. The molecule has 18 heavy (non-hydrogen) atoms. The van der Waals surface area contributed by atoms with E-state index in [2.05, 4.69) is 46.7 Å². The van der Waals surface area contributed by atoms with Crippen molar-refractivity contribution >= 4 is 15.9 Å². The van der Waals surface area contributed by atoms with Crippen LogP contribution < -0.4 is 5.73 Å². The summed E-state index contributed by atoms with van der Waals surface area (Å²) in [6.45, 7) is 10.2. The van der Waals surface area contributed by atoms with Crippen molar-refractivity contribution in [3.63, 3.8) is 0 Å². The van der Waals surface area contributed by atoms with Gasteiger partial charge in [-0.2, -0.15) is 5.10 Å². The zero-order chi connectivity index (χ0) is 13.7. The van der Waals surface area contributed by atoms with Gasteiger partial charge in [0.1, 0.15) is 0 Å². The van der Waals surface area contributed by atoms with Gasteiger partial charge in [0, 0.05) is 33.2 Å². The maximum absolute atomic E-state index is 5.69. The van der Waals surface area contributed by atoms with Gasteiger partial charge < -0.3 is 5.73 Å². The normalized spacial score (nSPS) is 11.8. The van der Waals surface area contributed by atoms with Gasteiger partial charge >= 0.3 is 0 Å². The van der Waals surface area contributed by atoms with Gasteiger partial charge in [0.25, 0.3) is 0 Å². The maximum Gasteiger partial charge on any atom is 0.0767 e. The third-order valence-corrected chi connectivity index (χ3v) is 3.86. The van der Waals surface area contributed by atoms with Crippen molar-refractivity contribution in [2.24, 2.45) is 18.7 Å². The molecule has 1 rings (SSSR count). The molecule has 0 aliphatic rings. The smallest absolute Gasteiger partial charge is 0.0767 e. The topological polar surface area (TPSA) is 47.1 Å². The first kappa shape index (κ1) is 15.7. The Morgan fingerprint density at radius 2 is 2.11 bits per heavy atom. The number of hydrogen-bond donors (Lipinski definition) is 1. The number of hydrogen-bond acceptors (Lipinski definition) is 3. The summed E-state index contributed by atoms with van der Waals surface area (Å²) in [7, 11) is 2.01. The minimum absolute atomic E-state index is 0.647. The van der Waals surface area contributed by atoms with Gasteiger partial charge in [-0.15, -0.1) is 0 Å². The Hall–Kier alpha value is -0.390. The molecule has 1 aromatic rings. The van der Waals surface area contributed by atoms with Gasteiger partial charge in [-0.3, -0.25) is 9.58 Å². The number of nitrogens with zero attached hydrogens (tertiary/aromatic N) is 3. The Morgan fingerprint density at radius 3 is 2.56 bits per heavy atom. The van der Waals surface area contributed by atoms with Crippen LogP contribution in [0.1, 0.15) is 32.2 Å². The van der Waals surface area contributed by atoms with Crippen LogP contribution in [0.4, 0.5) is 0 Å². The van der Waals surface area contributed by atoms with Crippen molar-refractivity contribution in [3.8, 4) is 0 Å². The molecule has 0 bridgehead atoms. The van der Waals surface area contributed by atoms with Crippen LogP contribution >= 0.6 is 15.9 Å². The Kier molecular flexibility index (Phi) is 6.32. The van der Waals surface area contributed by atoms with Gasteiger partial charge in [0.2, 0.25) is 0 Å². The second kappa shape index (κ2) is 7.26. The van der Waals surface area contributed by atoms with Crippen molar-refractivity contribution in [1.29, 1.82) is 0 Å². The third kappa shape index (κ3) is 4.07. The van der Waals surface area contributed by atoms with Gasteiger partial charge in [-0.1, -0.05) is 20.8 Å². The average Bonchev–Trinajstić information content (AvgIpc) is 2.56. The molecule has 1 aromatic heterocycles. The Bertz CT molecular complexity index is 373. The highest BCUT2D eigenvalue weighted by atomic mass is 79.9. The number of aryl methyl sites for hydroxylation is 2. The monoisotopic (exact) mass is 316 g/mol. The van der Waals surface area contributed by atoms with Crippen LogP contribution in [0.3, 0.4) is 0 Å². The molecule has 0 spiro atoms. The number of halogens is 1. The van der Waals surface area contributed by atoms with Crippen LogP contribution in [0.5, 0.6) is 0 Å². The zero-order valence-electron chi connectivity index (χ0n) is 11.9. The fourth-order valence-electron chi connectivity index (χ4n) is 2.14. The molecule has 0 aromatic carbocycles. The molecule has 2 N–H and O–H groups in total. The summed E-state index contributed by atoms with van der Waals surface area (Å²) in [5, 5.41) is 4.53. The van der Waals surface area contributed by atoms with Gasteiger partial charge in [-0.25, -0.2) is 0 Å². The summed E-state index contributed by atoms with van der Waals surface area (Å²) in [5.74, 6) is 0.647. The van der Waals surface area contributed by atoms with E-state index >= 15 is 0 Å². The summed E-state index contributed by atoms with van der Waals surface area (Å²) in [4.78, 5) is 2.39. The first-order valence-electron chi connectivity index (χ1n) is 6.62. The molecule has 0 fully saturated rings. The molecule has 0 aliphatic carbocycles. The largest absolute Gasteiger partial charge is 0.329 e. The maximum atomic E-state index is 5.69. The number of rotatable bonds is 7. The predicted octanol–water partition coefficient (Wildman–Crippen LogP) is 2.16. The van der Waals surface area contributed by atoms with Gasteiger partial charge in [0.15, 0.2) is 0 Å². The Labute approximate surface area is 119 Å². The zero-order valence-corrected chi connectivity index (χ0v) is 13.5. The van der Waals surface area contributed by atoms with Crippen molar-refractivity contribution in [1.82, 2.24) is 14.7 Å². The molecule has 0 saturated carbocycles. The molecular formula is C13H25BrN4. The van der Waals surface area contributed by atoms with E-state index in [1.54, 1.807) is 0 Å². The van der Waals surface area contributed by atoms with Crippen LogP contribution in [0.15, 0.2) is 4.47 Å². The fraction of sp³-hybridized carbons (Fsp3) is 0.769. The van der Waals surface area contributed by atoms with E-state index in [-0.39, 0.29) is 0 Å². The predicted molar refractivity (Wildman–Crippen MR) is 79.5 cm³/mol. The standard InChI is InChI=1S/C13H25BrN4/c1-5-11-13(14)12(17(4)16-11)9-18(7-6-15)8-10(2)3/h10H,5-9,15H2,1-4H3. The highest BCUT2D eigenvalue weighted by molar-refractivity contribution is 9.10. The molecule has 0 saturated heterocycles. The molecule has 0 amide bonds. The minimum Gasteiger partial charge on any atom is -0.329 e. The molecule has 4 nitrogen and oxygen atoms in total. The molecule has 0 aliphatic heterocycles. The quantitative estimate of drug-likeness (QED) is 0.838. The van der Waals surface area contributed by atoms with E-state index in [0.29, 0.717) is 12.5 Å². The van der Waals surface area contributed by atoms with Crippen LogP contribution in [0.2, 0.25) is 0 Å². The Morgan fingerprint density at radius 1 is 1.44 bits per heavy atom. The number of nitrogens with two attached hydrogens (primary N) is 1. The molecule has 0 unspecified atom stereocenters. The third-order valence-electron chi connectivity index (χ3n) is 2.95. The second-order valence-electron chi connectivity index (χ2n) is 5.10. The SMILES string of the molecule is CCc1nn(C)c(CN(CCN)CC(C)C)c1Br. The number of aromatic nitrogens is 2. The van der Waals surface area contributed by atoms with Crippen LogP contribution in [0.25, 0.3) is 0 Å². The second-order valence-corrected chi connectivity index (χ2v) is 5.90. The lowest BCUT2D eigenvalue weighted by atomic mass is 10.2. The van der Waals surface area contributed by atoms with Crippen LogP contribution in [0, 0.1) is 5.92 Å². The molecule has 104 valence electrons. The molecular weight excluding hydrogens is 292 g/mol. The summed E-state index contributed by atoms with van der Waals surface area (Å²) in [6, 6.07) is 0. The van der Waals surface area contributed by atoms with E-state index in [9.17, 15) is 0 Å². The summed E-state index contributed by atoms with van der Waals surface area (Å²) >= 11 is 3.67. The molecule has 0 atom stereocenters. The van der Waals surface area contributed by atoms with E-state index in [0.717, 1.165) is 36.2 Å². The van der Waals surface area contributed by atoms with E-state index in [1.165, 1.54) is 5.69 Å². The van der Waals surface area contributed by atoms with Crippen molar-refractivity contribution in [2.75, 3.05) is 19.6 Å². The highest BCUT2D eigenvalue weighted by Crippen LogP contribution is 2.23. The average molecular weight is 317 g/mol. The summed E-state index contributed by atoms with van der Waals surface area (Å²) in [6.07, 6.45) is 0.954. The van der Waals surface area contributed by atoms with E-state index in [1.807, 2.05) is 11.7 Å². The van der Waals surface area contributed by atoms with Crippen molar-refractivity contribution in [2.45, 2.75) is 33.7 Å². The first-order valence-corrected chi connectivity index (χ1v) is 7.41. The van der Waals surface area contributed by atoms with E-state index in [4.69, 9.17) is 5.73 Å². The molecule has 0 radical (unpaired) electrons. The summed E-state index contributed by atoms with van der Waals surface area (Å²) in [5.41, 5.74) is 8.06. The first-order chi connectivity index (χ1) is 8.49. The molecule has 1 heterocycles. The van der Waals surface area contributed by atoms with Gasteiger partial charge in [0.05, 0.1) is 15.9 Å². The van der Waals surface area contributed by atoms with Crippen LogP contribution in [-0.2, 0) is 20.0 Å². The van der Waals surface area contributed by atoms with Crippen LogP contribution in [-0.4, -0.2) is 34.3 Å². The van der Waals surface area contributed by atoms with Gasteiger partial charge in [-0.05, 0) is 28.3 Å².